The summed E-state index contributed by atoms with van der Waals surface area (Å²) < 4.78 is 25.2. The fraction of sp³-hybridized carbons (Fsp3) is 0.304. The molecule has 7 nitrogen and oxygen atoms in total. The zero-order valence-electron chi connectivity index (χ0n) is 17.6. The van der Waals surface area contributed by atoms with Crippen LogP contribution in [0, 0.1) is 0 Å². The van der Waals surface area contributed by atoms with Gasteiger partial charge in [-0.05, 0) is 37.0 Å². The highest BCUT2D eigenvalue weighted by Gasteiger charge is 2.33. The van der Waals surface area contributed by atoms with Crippen molar-refractivity contribution in [2.45, 2.75) is 31.2 Å². The van der Waals surface area contributed by atoms with Crippen molar-refractivity contribution in [3.8, 4) is 11.3 Å². The second-order valence-corrected chi connectivity index (χ2v) is 10.7. The van der Waals surface area contributed by atoms with Crippen molar-refractivity contribution < 1.29 is 18.3 Å². The molecule has 0 radical (unpaired) electrons. The van der Waals surface area contributed by atoms with Gasteiger partial charge in [-0.2, -0.15) is 0 Å². The molecular formula is C23H25N3O4S2. The smallest absolute Gasteiger partial charge is 0.407 e. The number of amides is 1. The second-order valence-electron chi connectivity index (χ2n) is 8.06. The van der Waals surface area contributed by atoms with Crippen LogP contribution in [0.4, 0.5) is 10.5 Å². The summed E-state index contributed by atoms with van der Waals surface area (Å²) in [6.07, 6.45) is 2.44. The topological polar surface area (TPSA) is 99.6 Å². The maximum Gasteiger partial charge on any atom is 0.407 e. The molecule has 1 amide bonds. The molecule has 4 rings (SSSR count). The van der Waals surface area contributed by atoms with Gasteiger partial charge in [-0.3, -0.25) is 4.72 Å². The van der Waals surface area contributed by atoms with Crippen LogP contribution in [0.5, 0.6) is 0 Å². The number of sulfonamides is 1. The van der Waals surface area contributed by atoms with Crippen molar-refractivity contribution >= 4 is 33.1 Å². The molecule has 0 bridgehead atoms. The molecule has 2 heterocycles. The van der Waals surface area contributed by atoms with E-state index in [-0.39, 0.29) is 12.0 Å². The molecule has 168 valence electrons. The molecule has 0 saturated carbocycles. The Morgan fingerprint density at radius 1 is 1.19 bits per heavy atom. The number of rotatable bonds is 6. The average Bonchev–Trinajstić information content (AvgIpc) is 3.24. The third-order valence-electron chi connectivity index (χ3n) is 5.63. The monoisotopic (exact) mass is 471 g/mol. The highest BCUT2D eigenvalue weighted by atomic mass is 32.2. The van der Waals surface area contributed by atoms with Crippen molar-refractivity contribution in [2.75, 3.05) is 17.5 Å². The molecule has 0 spiro atoms. The van der Waals surface area contributed by atoms with E-state index in [1.54, 1.807) is 28.4 Å². The first-order valence-electron chi connectivity index (χ1n) is 10.4. The van der Waals surface area contributed by atoms with Gasteiger partial charge in [0.15, 0.2) is 0 Å². The maximum atomic E-state index is 11.8. The lowest BCUT2D eigenvalue weighted by molar-refractivity contribution is 0.101. The third-order valence-corrected chi connectivity index (χ3v) is 7.24. The predicted octanol–water partition coefficient (Wildman–Crippen LogP) is 4.65. The lowest BCUT2D eigenvalue weighted by Crippen LogP contribution is -2.46. The van der Waals surface area contributed by atoms with Crippen molar-refractivity contribution in [2.24, 2.45) is 0 Å². The Kier molecular flexibility index (Phi) is 6.48. The van der Waals surface area contributed by atoms with Crippen LogP contribution in [-0.2, 0) is 16.4 Å². The molecule has 2 atom stereocenters. The van der Waals surface area contributed by atoms with E-state index in [2.05, 4.69) is 4.72 Å². The molecule has 1 aliphatic rings. The van der Waals surface area contributed by atoms with Gasteiger partial charge in [-0.15, -0.1) is 11.3 Å². The average molecular weight is 472 g/mol. The summed E-state index contributed by atoms with van der Waals surface area (Å²) in [6.45, 7) is 0.498. The quantitative estimate of drug-likeness (QED) is 0.545. The molecule has 1 aliphatic heterocycles. The molecule has 0 aliphatic carbocycles. The lowest BCUT2D eigenvalue weighted by Gasteiger charge is -2.37. The van der Waals surface area contributed by atoms with Crippen LogP contribution in [0.2, 0.25) is 0 Å². The minimum absolute atomic E-state index is 0.0812. The molecule has 2 unspecified atom stereocenters. The molecular weight excluding hydrogens is 446 g/mol. The highest BCUT2D eigenvalue weighted by molar-refractivity contribution is 7.92. The van der Waals surface area contributed by atoms with Crippen LogP contribution in [0.25, 0.3) is 11.3 Å². The van der Waals surface area contributed by atoms with E-state index in [4.69, 9.17) is 4.98 Å². The van der Waals surface area contributed by atoms with Crippen molar-refractivity contribution in [3.05, 3.63) is 70.5 Å². The minimum atomic E-state index is -3.31. The zero-order chi connectivity index (χ0) is 22.7. The first-order valence-corrected chi connectivity index (χ1v) is 13.1. The number of nitrogens with one attached hydrogen (secondary N) is 1. The van der Waals surface area contributed by atoms with E-state index in [1.165, 1.54) is 0 Å². The Labute approximate surface area is 191 Å². The lowest BCUT2D eigenvalue weighted by atomic mass is 9.88. The number of aromatic nitrogens is 1. The largest absolute Gasteiger partial charge is 0.465 e. The fourth-order valence-electron chi connectivity index (χ4n) is 4.14. The number of piperidine rings is 1. The standard InChI is InChI=1S/C23H25N3O4S2/c1-32(29,30)25-19-9-7-17(8-10-19)21-15-31-22(24-21)18-11-12-26(23(27)28)20(14-18)13-16-5-3-2-4-6-16/h2-10,15,18,20,25H,11-14H2,1H3,(H,27,28). The normalized spacial score (nSPS) is 19.0. The van der Waals surface area contributed by atoms with Gasteiger partial charge in [-0.25, -0.2) is 18.2 Å². The number of anilines is 1. The van der Waals surface area contributed by atoms with Gasteiger partial charge >= 0.3 is 6.09 Å². The summed E-state index contributed by atoms with van der Waals surface area (Å²) >= 11 is 1.59. The molecule has 9 heteroatoms. The van der Waals surface area contributed by atoms with Gasteiger partial charge in [-0.1, -0.05) is 42.5 Å². The van der Waals surface area contributed by atoms with E-state index in [0.29, 0.717) is 18.7 Å². The summed E-state index contributed by atoms with van der Waals surface area (Å²) in [5, 5.41) is 12.7. The second kappa shape index (κ2) is 9.30. The molecule has 1 aromatic heterocycles. The van der Waals surface area contributed by atoms with Crippen LogP contribution < -0.4 is 4.72 Å². The van der Waals surface area contributed by atoms with E-state index >= 15 is 0 Å². The van der Waals surface area contributed by atoms with Gasteiger partial charge in [0, 0.05) is 35.1 Å². The summed E-state index contributed by atoms with van der Waals surface area (Å²) in [4.78, 5) is 18.2. The number of thiazole rings is 1. The number of nitrogens with zero attached hydrogens (tertiary/aromatic N) is 2. The molecule has 2 N–H and O–H groups in total. The van der Waals surface area contributed by atoms with Crippen molar-refractivity contribution in [1.29, 1.82) is 0 Å². The molecule has 1 fully saturated rings. The highest BCUT2D eigenvalue weighted by Crippen LogP contribution is 2.36. The van der Waals surface area contributed by atoms with Crippen LogP contribution >= 0.6 is 11.3 Å². The van der Waals surface area contributed by atoms with Crippen LogP contribution in [-0.4, -0.2) is 48.3 Å². The van der Waals surface area contributed by atoms with Gasteiger partial charge in [0.1, 0.15) is 0 Å². The number of hydrogen-bond acceptors (Lipinski definition) is 5. The Balaban J connectivity index is 1.49. The number of carbonyl (C=O) groups is 1. The number of benzene rings is 2. The van der Waals surface area contributed by atoms with E-state index < -0.39 is 16.1 Å². The Morgan fingerprint density at radius 2 is 1.91 bits per heavy atom. The van der Waals surface area contributed by atoms with Crippen molar-refractivity contribution in [3.63, 3.8) is 0 Å². The van der Waals surface area contributed by atoms with E-state index in [0.717, 1.165) is 40.9 Å². The summed E-state index contributed by atoms with van der Waals surface area (Å²) in [7, 11) is -3.31. The van der Waals surface area contributed by atoms with Crippen LogP contribution in [0.15, 0.2) is 60.0 Å². The fourth-order valence-corrected chi connectivity index (χ4v) is 5.68. The van der Waals surface area contributed by atoms with Crippen LogP contribution in [0.1, 0.15) is 29.3 Å². The minimum Gasteiger partial charge on any atom is -0.465 e. The van der Waals surface area contributed by atoms with E-state index in [1.807, 2.05) is 47.8 Å². The maximum absolute atomic E-state index is 11.8. The predicted molar refractivity (Wildman–Crippen MR) is 127 cm³/mol. The third kappa shape index (κ3) is 5.46. The summed E-state index contributed by atoms with van der Waals surface area (Å²) in [5.41, 5.74) is 3.40. The number of hydrogen-bond donors (Lipinski definition) is 2. The molecule has 2 aromatic carbocycles. The number of likely N-dealkylation sites (tertiary alicyclic amines) is 1. The van der Waals surface area contributed by atoms with Crippen molar-refractivity contribution in [1.82, 2.24) is 9.88 Å². The summed E-state index contributed by atoms with van der Waals surface area (Å²) in [5.74, 6) is 0.212. The first-order chi connectivity index (χ1) is 15.3. The molecule has 1 saturated heterocycles. The van der Waals surface area contributed by atoms with Gasteiger partial charge in [0.25, 0.3) is 0 Å². The van der Waals surface area contributed by atoms with Gasteiger partial charge < -0.3 is 10.0 Å². The Bertz CT molecular complexity index is 1180. The molecule has 3 aromatic rings. The van der Waals surface area contributed by atoms with Crippen LogP contribution in [0.3, 0.4) is 0 Å². The summed E-state index contributed by atoms with van der Waals surface area (Å²) in [6, 6.07) is 17.0. The Hall–Kier alpha value is -2.91. The number of carboxylic acid groups (broad SMARTS) is 1. The van der Waals surface area contributed by atoms with Gasteiger partial charge in [0.05, 0.1) is 17.0 Å². The van der Waals surface area contributed by atoms with E-state index in [9.17, 15) is 18.3 Å². The SMILES string of the molecule is CS(=O)(=O)Nc1ccc(-c2csc(C3CCN(C(=O)O)C(Cc4ccccc4)C3)n2)cc1. The Morgan fingerprint density at radius 3 is 2.56 bits per heavy atom. The van der Waals surface area contributed by atoms with Gasteiger partial charge in [0.2, 0.25) is 10.0 Å². The zero-order valence-corrected chi connectivity index (χ0v) is 19.3. The molecule has 32 heavy (non-hydrogen) atoms. The first kappa shape index (κ1) is 22.3.